The molecule has 0 aliphatic carbocycles. The first-order valence-electron chi connectivity index (χ1n) is 6.85. The maximum Gasteiger partial charge on any atom is 0.227 e. The van der Waals surface area contributed by atoms with Gasteiger partial charge in [0, 0.05) is 22.8 Å². The molecule has 2 heterocycles. The summed E-state index contributed by atoms with van der Waals surface area (Å²) in [6.07, 6.45) is 0. The van der Waals surface area contributed by atoms with Gasteiger partial charge in [-0.3, -0.25) is 0 Å². The van der Waals surface area contributed by atoms with E-state index in [4.69, 9.17) is 0 Å². The predicted molar refractivity (Wildman–Crippen MR) is 89.2 cm³/mol. The minimum Gasteiger partial charge on any atom is -0.330 e. The lowest BCUT2D eigenvalue weighted by Gasteiger charge is -2.08. The summed E-state index contributed by atoms with van der Waals surface area (Å²) >= 11 is 1.52. The van der Waals surface area contributed by atoms with Crippen LogP contribution in [0.25, 0.3) is 0 Å². The molecule has 0 fully saturated rings. The molecule has 0 radical (unpaired) electrons. The van der Waals surface area contributed by atoms with Crippen molar-refractivity contribution < 1.29 is 0 Å². The van der Waals surface area contributed by atoms with Crippen LogP contribution >= 0.6 is 11.3 Å². The number of nitrogens with zero attached hydrogens (tertiary/aromatic N) is 4. The van der Waals surface area contributed by atoms with E-state index in [-0.39, 0.29) is 0 Å². The Labute approximate surface area is 132 Å². The minimum absolute atomic E-state index is 0.599. The van der Waals surface area contributed by atoms with Gasteiger partial charge in [-0.05, 0) is 45.0 Å². The molecule has 2 aromatic heterocycles. The monoisotopic (exact) mass is 312 g/mol. The van der Waals surface area contributed by atoms with Crippen LogP contribution in [0.2, 0.25) is 0 Å². The van der Waals surface area contributed by atoms with Crippen molar-refractivity contribution in [2.24, 2.45) is 0 Å². The van der Waals surface area contributed by atoms with E-state index in [1.165, 1.54) is 11.3 Å². The van der Waals surface area contributed by atoms with Crippen LogP contribution in [0.3, 0.4) is 0 Å². The number of hydrogen-bond donors (Lipinski definition) is 2. The Bertz CT molecular complexity index is 778. The van der Waals surface area contributed by atoms with Crippen molar-refractivity contribution in [1.82, 2.24) is 20.2 Å². The smallest absolute Gasteiger partial charge is 0.227 e. The van der Waals surface area contributed by atoms with Crippen molar-refractivity contribution in [3.8, 4) is 0 Å². The maximum atomic E-state index is 4.38. The van der Waals surface area contributed by atoms with Crippen molar-refractivity contribution in [2.75, 3.05) is 10.6 Å². The van der Waals surface area contributed by atoms with Crippen LogP contribution in [0, 0.1) is 20.8 Å². The summed E-state index contributed by atoms with van der Waals surface area (Å²) in [4.78, 5) is 8.77. The molecule has 112 valence electrons. The number of nitrogens with one attached hydrogen (secondary N) is 2. The van der Waals surface area contributed by atoms with Gasteiger partial charge in [0.2, 0.25) is 11.1 Å². The molecule has 0 unspecified atom stereocenters. The molecule has 3 rings (SSSR count). The van der Waals surface area contributed by atoms with E-state index < -0.39 is 0 Å². The Balaban J connectivity index is 1.78. The summed E-state index contributed by atoms with van der Waals surface area (Å²) in [6.45, 7) is 5.84. The van der Waals surface area contributed by atoms with E-state index >= 15 is 0 Å². The largest absolute Gasteiger partial charge is 0.330 e. The van der Waals surface area contributed by atoms with E-state index in [0.717, 1.165) is 32.9 Å². The Morgan fingerprint density at radius 3 is 2.18 bits per heavy atom. The summed E-state index contributed by atoms with van der Waals surface area (Å²) in [5.74, 6) is 0.599. The van der Waals surface area contributed by atoms with Crippen molar-refractivity contribution in [1.29, 1.82) is 0 Å². The second-order valence-electron chi connectivity index (χ2n) is 4.93. The maximum absolute atomic E-state index is 4.38. The third-order valence-electron chi connectivity index (χ3n) is 2.88. The molecule has 3 aromatic rings. The van der Waals surface area contributed by atoms with Gasteiger partial charge in [0.05, 0.1) is 0 Å². The molecular weight excluding hydrogens is 296 g/mol. The highest BCUT2D eigenvalue weighted by molar-refractivity contribution is 7.15. The lowest BCUT2D eigenvalue weighted by atomic mass is 10.3. The van der Waals surface area contributed by atoms with E-state index in [9.17, 15) is 0 Å². The van der Waals surface area contributed by atoms with Gasteiger partial charge in [0.1, 0.15) is 5.01 Å². The Morgan fingerprint density at radius 2 is 1.55 bits per heavy atom. The van der Waals surface area contributed by atoms with Crippen molar-refractivity contribution in [3.63, 3.8) is 0 Å². The summed E-state index contributed by atoms with van der Waals surface area (Å²) in [5.41, 5.74) is 3.73. The fourth-order valence-electron chi connectivity index (χ4n) is 2.06. The average Bonchev–Trinajstić information content (AvgIpc) is 2.83. The molecule has 0 saturated heterocycles. The molecule has 0 atom stereocenters. The van der Waals surface area contributed by atoms with Crippen LogP contribution in [0.15, 0.2) is 30.3 Å². The minimum atomic E-state index is 0.599. The van der Waals surface area contributed by atoms with Gasteiger partial charge >= 0.3 is 0 Å². The summed E-state index contributed by atoms with van der Waals surface area (Å²) in [5, 5.41) is 16.2. The highest BCUT2D eigenvalue weighted by atomic mass is 32.1. The zero-order valence-electron chi connectivity index (χ0n) is 12.6. The predicted octanol–water partition coefficient (Wildman–Crippen LogP) is 3.74. The third kappa shape index (κ3) is 3.56. The quantitative estimate of drug-likeness (QED) is 0.764. The number of hydrogen-bond acceptors (Lipinski definition) is 7. The normalized spacial score (nSPS) is 10.5. The van der Waals surface area contributed by atoms with Gasteiger partial charge in [0.25, 0.3) is 0 Å². The Kier molecular flexibility index (Phi) is 3.97. The summed E-state index contributed by atoms with van der Waals surface area (Å²) in [6, 6.07) is 9.84. The van der Waals surface area contributed by atoms with E-state index in [1.807, 2.05) is 51.1 Å². The number of benzene rings is 1. The number of aryl methyl sites for hydroxylation is 3. The van der Waals surface area contributed by atoms with E-state index in [0.29, 0.717) is 5.95 Å². The van der Waals surface area contributed by atoms with Crippen LogP contribution in [0.1, 0.15) is 16.4 Å². The fraction of sp³-hybridized carbons (Fsp3) is 0.200. The molecular formula is C15H16N6S. The van der Waals surface area contributed by atoms with Crippen LogP contribution < -0.4 is 10.6 Å². The van der Waals surface area contributed by atoms with Crippen molar-refractivity contribution >= 4 is 33.8 Å². The molecule has 0 spiro atoms. The second-order valence-corrected chi connectivity index (χ2v) is 6.11. The average molecular weight is 312 g/mol. The second kappa shape index (κ2) is 6.07. The SMILES string of the molecule is Cc1cc(C)nc(Nc2cccc(Nc3nnc(C)s3)c2)n1. The van der Waals surface area contributed by atoms with Gasteiger partial charge in [-0.2, -0.15) is 0 Å². The van der Waals surface area contributed by atoms with Crippen LogP contribution in [-0.4, -0.2) is 20.2 Å². The van der Waals surface area contributed by atoms with Crippen molar-refractivity contribution in [2.45, 2.75) is 20.8 Å². The lowest BCUT2D eigenvalue weighted by Crippen LogP contribution is -2.00. The molecule has 7 heteroatoms. The molecule has 0 amide bonds. The van der Waals surface area contributed by atoms with Gasteiger partial charge in [-0.1, -0.05) is 17.4 Å². The first kappa shape index (κ1) is 14.4. The third-order valence-corrected chi connectivity index (χ3v) is 3.63. The topological polar surface area (TPSA) is 75.6 Å². The highest BCUT2D eigenvalue weighted by Gasteiger charge is 2.04. The zero-order chi connectivity index (χ0) is 15.5. The van der Waals surface area contributed by atoms with Crippen LogP contribution in [0.4, 0.5) is 22.5 Å². The molecule has 2 N–H and O–H groups in total. The zero-order valence-corrected chi connectivity index (χ0v) is 13.4. The van der Waals surface area contributed by atoms with Gasteiger partial charge in [0.15, 0.2) is 0 Å². The molecule has 0 bridgehead atoms. The molecule has 1 aromatic carbocycles. The van der Waals surface area contributed by atoms with Gasteiger partial charge in [-0.25, -0.2) is 9.97 Å². The molecule has 6 nitrogen and oxygen atoms in total. The first-order chi connectivity index (χ1) is 10.6. The standard InChI is InChI=1S/C15H16N6S/c1-9-7-10(2)17-14(16-9)18-12-5-4-6-13(8-12)19-15-21-20-11(3)22-15/h4-8H,1-3H3,(H,19,21)(H,16,17,18). The molecule has 0 saturated carbocycles. The van der Waals surface area contributed by atoms with Crippen LogP contribution in [0.5, 0.6) is 0 Å². The van der Waals surface area contributed by atoms with Gasteiger partial charge in [-0.15, -0.1) is 10.2 Å². The fourth-order valence-corrected chi connectivity index (χ4v) is 2.67. The van der Waals surface area contributed by atoms with Crippen LogP contribution in [-0.2, 0) is 0 Å². The number of anilines is 4. The molecule has 0 aliphatic heterocycles. The van der Waals surface area contributed by atoms with Gasteiger partial charge < -0.3 is 10.6 Å². The van der Waals surface area contributed by atoms with E-state index in [1.54, 1.807) is 0 Å². The first-order valence-corrected chi connectivity index (χ1v) is 7.67. The lowest BCUT2D eigenvalue weighted by molar-refractivity contribution is 1.05. The van der Waals surface area contributed by atoms with Crippen molar-refractivity contribution in [3.05, 3.63) is 46.7 Å². The van der Waals surface area contributed by atoms with E-state index in [2.05, 4.69) is 30.8 Å². The summed E-state index contributed by atoms with van der Waals surface area (Å²) < 4.78 is 0. The Hall–Kier alpha value is -2.54. The summed E-state index contributed by atoms with van der Waals surface area (Å²) in [7, 11) is 0. The molecule has 22 heavy (non-hydrogen) atoms. The molecule has 0 aliphatic rings. The number of rotatable bonds is 4. The highest BCUT2D eigenvalue weighted by Crippen LogP contribution is 2.23. The number of aromatic nitrogens is 4. The Morgan fingerprint density at radius 1 is 0.864 bits per heavy atom.